The van der Waals surface area contributed by atoms with E-state index in [9.17, 15) is 9.18 Å². The van der Waals surface area contributed by atoms with Crippen LogP contribution in [0.1, 0.15) is 29.4 Å². The summed E-state index contributed by atoms with van der Waals surface area (Å²) in [6.07, 6.45) is 4.08. The van der Waals surface area contributed by atoms with Crippen molar-refractivity contribution in [2.45, 2.75) is 18.9 Å². The summed E-state index contributed by atoms with van der Waals surface area (Å²) in [6.45, 7) is 0. The lowest BCUT2D eigenvalue weighted by atomic mass is 10.2. The zero-order valence-electron chi connectivity index (χ0n) is 11.4. The Hall–Kier alpha value is -1.82. The molecule has 1 aliphatic carbocycles. The monoisotopic (exact) mass is 352 g/mol. The van der Waals surface area contributed by atoms with Crippen LogP contribution in [0.5, 0.6) is 5.75 Å². The molecule has 0 aliphatic heterocycles. The summed E-state index contributed by atoms with van der Waals surface area (Å²) in [4.78, 5) is 12.4. The number of benzene rings is 1. The average molecular weight is 353 g/mol. The Balaban J connectivity index is 1.87. The summed E-state index contributed by atoms with van der Waals surface area (Å²) in [6, 6.07) is 6.20. The fourth-order valence-electron chi connectivity index (χ4n) is 2.24. The van der Waals surface area contributed by atoms with E-state index in [1.54, 1.807) is 6.07 Å². The van der Waals surface area contributed by atoms with E-state index < -0.39 is 5.82 Å². The number of rotatable bonds is 4. The zero-order valence-corrected chi connectivity index (χ0v) is 13.0. The van der Waals surface area contributed by atoms with Crippen molar-refractivity contribution in [1.82, 2.24) is 4.57 Å². The van der Waals surface area contributed by atoms with Crippen LogP contribution in [0.15, 0.2) is 34.9 Å². The number of nitrogens with zero attached hydrogens (tertiary/aromatic N) is 1. The molecule has 1 heterocycles. The van der Waals surface area contributed by atoms with Crippen molar-refractivity contribution in [3.05, 3.63) is 46.4 Å². The SMILES string of the molecule is COc1cc(F)ccc1NC(=O)c1cc(Br)cn1C1CC1. The van der Waals surface area contributed by atoms with Crippen molar-refractivity contribution in [3.63, 3.8) is 0 Å². The highest BCUT2D eigenvalue weighted by atomic mass is 79.9. The molecule has 1 N–H and O–H groups in total. The molecule has 0 radical (unpaired) electrons. The molecule has 0 saturated heterocycles. The van der Waals surface area contributed by atoms with Crippen LogP contribution in [0, 0.1) is 5.82 Å². The van der Waals surface area contributed by atoms with Crippen molar-refractivity contribution in [2.24, 2.45) is 0 Å². The zero-order chi connectivity index (χ0) is 15.0. The second kappa shape index (κ2) is 5.52. The van der Waals surface area contributed by atoms with E-state index in [0.717, 1.165) is 17.3 Å². The molecule has 3 rings (SSSR count). The standard InChI is InChI=1S/C15H14BrFN2O2/c1-21-14-7-10(17)2-5-12(14)18-15(20)13-6-9(16)8-19(13)11-3-4-11/h2,5-8,11H,3-4H2,1H3,(H,18,20). The third-order valence-corrected chi connectivity index (χ3v) is 3.83. The van der Waals surface area contributed by atoms with Gasteiger partial charge in [0.1, 0.15) is 17.3 Å². The Morgan fingerprint density at radius 3 is 2.86 bits per heavy atom. The summed E-state index contributed by atoms with van der Waals surface area (Å²) in [5.41, 5.74) is 1.03. The second-order valence-electron chi connectivity index (χ2n) is 4.98. The highest BCUT2D eigenvalue weighted by molar-refractivity contribution is 9.10. The number of hydrogen-bond acceptors (Lipinski definition) is 2. The first kappa shape index (κ1) is 14.1. The van der Waals surface area contributed by atoms with E-state index in [4.69, 9.17) is 4.74 Å². The van der Waals surface area contributed by atoms with Gasteiger partial charge in [-0.1, -0.05) is 0 Å². The van der Waals surface area contributed by atoms with Crippen LogP contribution in [0.3, 0.4) is 0 Å². The average Bonchev–Trinajstić information content (AvgIpc) is 3.23. The van der Waals surface area contributed by atoms with Crippen molar-refractivity contribution < 1.29 is 13.9 Å². The maximum Gasteiger partial charge on any atom is 0.272 e. The van der Waals surface area contributed by atoms with Crippen molar-refractivity contribution in [3.8, 4) is 5.75 Å². The molecule has 6 heteroatoms. The van der Waals surface area contributed by atoms with E-state index in [1.165, 1.54) is 25.3 Å². The molecule has 2 aromatic rings. The minimum atomic E-state index is -0.408. The van der Waals surface area contributed by atoms with E-state index in [2.05, 4.69) is 21.2 Å². The van der Waals surface area contributed by atoms with E-state index in [1.807, 2.05) is 10.8 Å². The molecule has 1 aromatic heterocycles. The van der Waals surface area contributed by atoms with Gasteiger partial charge in [-0.2, -0.15) is 0 Å². The van der Waals surface area contributed by atoms with Crippen LogP contribution < -0.4 is 10.1 Å². The molecule has 1 aliphatic rings. The van der Waals surface area contributed by atoms with Gasteiger partial charge < -0.3 is 14.6 Å². The molecule has 0 bridgehead atoms. The molecular weight excluding hydrogens is 339 g/mol. The van der Waals surface area contributed by atoms with Crippen LogP contribution in [0.25, 0.3) is 0 Å². The molecule has 110 valence electrons. The molecule has 0 unspecified atom stereocenters. The molecule has 0 spiro atoms. The summed E-state index contributed by atoms with van der Waals surface area (Å²) in [5.74, 6) is -0.349. The number of nitrogens with one attached hydrogen (secondary N) is 1. The molecule has 0 atom stereocenters. The van der Waals surface area contributed by atoms with Crippen LogP contribution >= 0.6 is 15.9 Å². The van der Waals surface area contributed by atoms with Gasteiger partial charge >= 0.3 is 0 Å². The van der Waals surface area contributed by atoms with Gasteiger partial charge in [-0.05, 0) is 47.0 Å². The molecule has 1 fully saturated rings. The highest BCUT2D eigenvalue weighted by Crippen LogP contribution is 2.37. The number of hydrogen-bond donors (Lipinski definition) is 1. The fourth-order valence-corrected chi connectivity index (χ4v) is 2.67. The van der Waals surface area contributed by atoms with Gasteiger partial charge in [0.05, 0.1) is 12.8 Å². The lowest BCUT2D eigenvalue weighted by Gasteiger charge is -2.11. The van der Waals surface area contributed by atoms with E-state index in [0.29, 0.717) is 23.2 Å². The molecule has 1 amide bonds. The third-order valence-electron chi connectivity index (χ3n) is 3.40. The minimum Gasteiger partial charge on any atom is -0.494 e. The van der Waals surface area contributed by atoms with Crippen LogP contribution in [0.2, 0.25) is 0 Å². The summed E-state index contributed by atoms with van der Waals surface area (Å²) in [5, 5.41) is 2.77. The Labute approximate surface area is 130 Å². The number of carbonyl (C=O) groups is 1. The molecular formula is C15H14BrFN2O2. The van der Waals surface area contributed by atoms with Gasteiger partial charge in [0, 0.05) is 22.8 Å². The molecule has 4 nitrogen and oxygen atoms in total. The Kier molecular flexibility index (Phi) is 3.71. The van der Waals surface area contributed by atoms with Crippen molar-refractivity contribution in [2.75, 3.05) is 12.4 Å². The highest BCUT2D eigenvalue weighted by Gasteiger charge is 2.28. The first-order valence-corrected chi connectivity index (χ1v) is 7.40. The van der Waals surface area contributed by atoms with Gasteiger partial charge in [0.2, 0.25) is 0 Å². The van der Waals surface area contributed by atoms with Crippen molar-refractivity contribution >= 4 is 27.5 Å². The molecule has 21 heavy (non-hydrogen) atoms. The number of aromatic nitrogens is 1. The maximum atomic E-state index is 13.2. The first-order chi connectivity index (χ1) is 10.1. The second-order valence-corrected chi connectivity index (χ2v) is 5.90. The molecule has 1 aromatic carbocycles. The molecule has 1 saturated carbocycles. The smallest absolute Gasteiger partial charge is 0.272 e. The largest absolute Gasteiger partial charge is 0.494 e. The van der Waals surface area contributed by atoms with Crippen LogP contribution in [-0.2, 0) is 0 Å². The minimum absolute atomic E-state index is 0.238. The number of anilines is 1. The number of carbonyl (C=O) groups excluding carboxylic acids is 1. The van der Waals surface area contributed by atoms with Gasteiger partial charge in [-0.25, -0.2) is 4.39 Å². The summed E-state index contributed by atoms with van der Waals surface area (Å²) < 4.78 is 21.1. The summed E-state index contributed by atoms with van der Waals surface area (Å²) in [7, 11) is 1.44. The topological polar surface area (TPSA) is 43.3 Å². The lowest BCUT2D eigenvalue weighted by Crippen LogP contribution is -2.16. The van der Waals surface area contributed by atoms with Gasteiger partial charge in [-0.3, -0.25) is 4.79 Å². The number of halogens is 2. The van der Waals surface area contributed by atoms with Crippen LogP contribution in [-0.4, -0.2) is 17.6 Å². The quantitative estimate of drug-likeness (QED) is 0.903. The van der Waals surface area contributed by atoms with Crippen LogP contribution in [0.4, 0.5) is 10.1 Å². The maximum absolute atomic E-state index is 13.2. The number of amides is 1. The lowest BCUT2D eigenvalue weighted by molar-refractivity contribution is 0.101. The summed E-state index contributed by atoms with van der Waals surface area (Å²) >= 11 is 3.40. The van der Waals surface area contributed by atoms with Gasteiger partial charge in [0.15, 0.2) is 0 Å². The third kappa shape index (κ3) is 2.95. The number of ether oxygens (including phenoxy) is 1. The Bertz CT molecular complexity index is 695. The van der Waals surface area contributed by atoms with Crippen molar-refractivity contribution in [1.29, 1.82) is 0 Å². The Morgan fingerprint density at radius 1 is 1.43 bits per heavy atom. The Morgan fingerprint density at radius 2 is 2.19 bits per heavy atom. The van der Waals surface area contributed by atoms with E-state index >= 15 is 0 Å². The van der Waals surface area contributed by atoms with Gasteiger partial charge in [0.25, 0.3) is 5.91 Å². The van der Waals surface area contributed by atoms with E-state index in [-0.39, 0.29) is 5.91 Å². The fraction of sp³-hybridized carbons (Fsp3) is 0.267. The normalized spacial score (nSPS) is 14.0. The number of methoxy groups -OCH3 is 1. The first-order valence-electron chi connectivity index (χ1n) is 6.61. The van der Waals surface area contributed by atoms with Gasteiger partial charge in [-0.15, -0.1) is 0 Å². The predicted molar refractivity (Wildman–Crippen MR) is 81.3 cm³/mol. The predicted octanol–water partition coefficient (Wildman–Crippen LogP) is 3.99.